The van der Waals surface area contributed by atoms with Crippen LogP contribution in [0.15, 0.2) is 53.3 Å². The monoisotopic (exact) mass is 364 g/mol. The van der Waals surface area contributed by atoms with Crippen molar-refractivity contribution in [1.82, 2.24) is 14.5 Å². The Morgan fingerprint density at radius 1 is 1.04 bits per heavy atom. The topological polar surface area (TPSA) is 82.7 Å². The molecular weight excluding hydrogens is 347 g/mol. The molecule has 0 aliphatic heterocycles. The molecule has 136 valence electrons. The Kier molecular flexibility index (Phi) is 3.92. The maximum atomic E-state index is 14.2. The van der Waals surface area contributed by atoms with Crippen LogP contribution in [0.1, 0.15) is 21.7 Å². The van der Waals surface area contributed by atoms with Gasteiger partial charge in [-0.05, 0) is 50.2 Å². The van der Waals surface area contributed by atoms with E-state index in [0.29, 0.717) is 33.7 Å². The third-order valence-corrected chi connectivity index (χ3v) is 4.54. The minimum Gasteiger partial charge on any atom is -0.322 e. The second-order valence-electron chi connectivity index (χ2n) is 6.37. The van der Waals surface area contributed by atoms with Crippen LogP contribution in [-0.4, -0.2) is 20.4 Å². The van der Waals surface area contributed by atoms with Crippen LogP contribution >= 0.6 is 0 Å². The molecule has 0 aliphatic rings. The third kappa shape index (κ3) is 2.93. The first-order valence-electron chi connectivity index (χ1n) is 8.41. The molecule has 6 nitrogen and oxygen atoms in total. The van der Waals surface area contributed by atoms with Crippen LogP contribution in [-0.2, 0) is 0 Å². The van der Waals surface area contributed by atoms with Crippen molar-refractivity contribution in [1.29, 1.82) is 0 Å². The zero-order chi connectivity index (χ0) is 19.1. The number of hydrogen-bond donors (Lipinski definition) is 3. The van der Waals surface area contributed by atoms with Gasteiger partial charge in [0, 0.05) is 17.1 Å². The van der Waals surface area contributed by atoms with Gasteiger partial charge < -0.3 is 19.9 Å². The second-order valence-corrected chi connectivity index (χ2v) is 6.37. The summed E-state index contributed by atoms with van der Waals surface area (Å²) in [5, 5.41) is 2.83. The number of para-hydroxylation sites is 1. The van der Waals surface area contributed by atoms with Gasteiger partial charge in [0.1, 0.15) is 5.82 Å². The number of halogens is 1. The fourth-order valence-electron chi connectivity index (χ4n) is 3.31. The molecule has 0 saturated heterocycles. The lowest BCUT2D eigenvalue weighted by atomic mass is 10.2. The van der Waals surface area contributed by atoms with Crippen LogP contribution in [0.5, 0.6) is 0 Å². The number of aromatic nitrogens is 3. The average Bonchev–Trinajstić information content (AvgIpc) is 3.14. The Morgan fingerprint density at radius 2 is 1.78 bits per heavy atom. The highest BCUT2D eigenvalue weighted by Gasteiger charge is 2.18. The molecule has 0 unspecified atom stereocenters. The SMILES string of the molecule is Cc1cc(C(=O)Nc2ccc3[nH]c(=O)[nH]c3c2)c(C)n1-c1ccccc1F. The van der Waals surface area contributed by atoms with Crippen LogP contribution in [0.2, 0.25) is 0 Å². The van der Waals surface area contributed by atoms with Gasteiger partial charge in [0.15, 0.2) is 0 Å². The highest BCUT2D eigenvalue weighted by molar-refractivity contribution is 6.06. The number of nitrogens with zero attached hydrogens (tertiary/aromatic N) is 1. The summed E-state index contributed by atoms with van der Waals surface area (Å²) in [6.45, 7) is 3.61. The molecule has 3 N–H and O–H groups in total. The number of anilines is 1. The van der Waals surface area contributed by atoms with E-state index in [0.717, 1.165) is 5.69 Å². The van der Waals surface area contributed by atoms with E-state index < -0.39 is 0 Å². The van der Waals surface area contributed by atoms with Gasteiger partial charge in [0.2, 0.25) is 0 Å². The van der Waals surface area contributed by atoms with E-state index in [1.807, 2.05) is 6.92 Å². The summed E-state index contributed by atoms with van der Waals surface area (Å²) in [5.41, 5.74) is 3.78. The molecule has 0 fully saturated rings. The molecule has 2 aromatic carbocycles. The number of hydrogen-bond acceptors (Lipinski definition) is 2. The largest absolute Gasteiger partial charge is 0.323 e. The van der Waals surface area contributed by atoms with Gasteiger partial charge in [0.05, 0.1) is 22.3 Å². The number of nitrogens with one attached hydrogen (secondary N) is 3. The van der Waals surface area contributed by atoms with Crippen LogP contribution in [0.25, 0.3) is 16.7 Å². The fourth-order valence-corrected chi connectivity index (χ4v) is 3.31. The molecule has 0 bridgehead atoms. The van der Waals surface area contributed by atoms with Crippen molar-refractivity contribution < 1.29 is 9.18 Å². The van der Waals surface area contributed by atoms with Gasteiger partial charge in [-0.3, -0.25) is 4.79 Å². The lowest BCUT2D eigenvalue weighted by molar-refractivity contribution is 0.102. The predicted molar refractivity (Wildman–Crippen MR) is 102 cm³/mol. The normalized spacial score (nSPS) is 11.1. The van der Waals surface area contributed by atoms with Crippen LogP contribution in [0.4, 0.5) is 10.1 Å². The van der Waals surface area contributed by atoms with Gasteiger partial charge in [0.25, 0.3) is 5.91 Å². The van der Waals surface area contributed by atoms with Gasteiger partial charge in [-0.15, -0.1) is 0 Å². The highest BCUT2D eigenvalue weighted by Crippen LogP contribution is 2.24. The fraction of sp³-hybridized carbons (Fsp3) is 0.100. The summed E-state index contributed by atoms with van der Waals surface area (Å²) in [6, 6.07) is 13.3. The zero-order valence-corrected chi connectivity index (χ0v) is 14.8. The van der Waals surface area contributed by atoms with E-state index in [1.165, 1.54) is 6.07 Å². The number of aryl methyl sites for hydroxylation is 1. The number of benzene rings is 2. The Bertz CT molecular complexity index is 1230. The molecule has 0 spiro atoms. The molecule has 1 amide bonds. The number of carbonyl (C=O) groups excluding carboxylic acids is 1. The molecule has 4 aromatic rings. The lowest BCUT2D eigenvalue weighted by Gasteiger charge is -2.11. The van der Waals surface area contributed by atoms with Crippen molar-refractivity contribution in [2.45, 2.75) is 13.8 Å². The molecule has 0 atom stereocenters. The quantitative estimate of drug-likeness (QED) is 0.518. The number of H-pyrrole nitrogens is 2. The molecular formula is C20H17FN4O2. The number of carbonyl (C=O) groups is 1. The maximum Gasteiger partial charge on any atom is 0.323 e. The first-order chi connectivity index (χ1) is 12.9. The van der Waals surface area contributed by atoms with Crippen molar-refractivity contribution in [3.63, 3.8) is 0 Å². The molecule has 7 heteroatoms. The van der Waals surface area contributed by atoms with Crippen molar-refractivity contribution in [2.24, 2.45) is 0 Å². The van der Waals surface area contributed by atoms with Gasteiger partial charge in [-0.25, -0.2) is 9.18 Å². The minimum atomic E-state index is -0.354. The Morgan fingerprint density at radius 3 is 2.56 bits per heavy atom. The van der Waals surface area contributed by atoms with Crippen LogP contribution < -0.4 is 11.0 Å². The van der Waals surface area contributed by atoms with E-state index in [4.69, 9.17) is 0 Å². The van der Waals surface area contributed by atoms with Gasteiger partial charge in [-0.1, -0.05) is 12.1 Å². The third-order valence-electron chi connectivity index (χ3n) is 4.54. The van der Waals surface area contributed by atoms with E-state index in [9.17, 15) is 14.0 Å². The highest BCUT2D eigenvalue weighted by atomic mass is 19.1. The Hall–Kier alpha value is -3.61. The second kappa shape index (κ2) is 6.28. The minimum absolute atomic E-state index is 0.303. The molecule has 0 saturated carbocycles. The summed E-state index contributed by atoms with van der Waals surface area (Å²) in [5.74, 6) is -0.656. The molecule has 4 rings (SSSR count). The summed E-state index contributed by atoms with van der Waals surface area (Å²) in [7, 11) is 0. The molecule has 2 aromatic heterocycles. The number of fused-ring (bicyclic) bond motifs is 1. The standard InChI is InChI=1S/C20H17FN4O2/c1-11-9-14(12(2)25(11)18-6-4-3-5-15(18)21)19(26)22-13-7-8-16-17(10-13)24-20(27)23-16/h3-10H,1-2H3,(H,22,26)(H2,23,24,27). The summed E-state index contributed by atoms with van der Waals surface area (Å²) < 4.78 is 15.9. The first-order valence-corrected chi connectivity index (χ1v) is 8.41. The Labute approximate surface area is 153 Å². The lowest BCUT2D eigenvalue weighted by Crippen LogP contribution is -2.13. The van der Waals surface area contributed by atoms with Crippen molar-refractivity contribution >= 4 is 22.6 Å². The zero-order valence-electron chi connectivity index (χ0n) is 14.8. The van der Waals surface area contributed by atoms with Crippen LogP contribution in [0.3, 0.4) is 0 Å². The Balaban J connectivity index is 1.68. The first kappa shape index (κ1) is 16.8. The molecule has 2 heterocycles. The van der Waals surface area contributed by atoms with E-state index in [2.05, 4.69) is 15.3 Å². The van der Waals surface area contributed by atoms with E-state index >= 15 is 0 Å². The number of rotatable bonds is 3. The smallest absolute Gasteiger partial charge is 0.322 e. The van der Waals surface area contributed by atoms with Crippen LogP contribution in [0, 0.1) is 19.7 Å². The molecule has 0 radical (unpaired) electrons. The summed E-state index contributed by atoms with van der Waals surface area (Å²) >= 11 is 0. The predicted octanol–water partition coefficient (Wildman–Crippen LogP) is 3.66. The van der Waals surface area contributed by atoms with E-state index in [-0.39, 0.29) is 17.4 Å². The van der Waals surface area contributed by atoms with Crippen molar-refractivity contribution in [3.05, 3.63) is 81.8 Å². The van der Waals surface area contributed by atoms with E-state index in [1.54, 1.807) is 54.0 Å². The summed E-state index contributed by atoms with van der Waals surface area (Å²) in [6.07, 6.45) is 0. The van der Waals surface area contributed by atoms with Gasteiger partial charge >= 0.3 is 5.69 Å². The number of imidazole rings is 1. The summed E-state index contributed by atoms with van der Waals surface area (Å²) in [4.78, 5) is 29.4. The molecule has 27 heavy (non-hydrogen) atoms. The van der Waals surface area contributed by atoms with Crippen molar-refractivity contribution in [2.75, 3.05) is 5.32 Å². The maximum absolute atomic E-state index is 14.2. The van der Waals surface area contributed by atoms with Gasteiger partial charge in [-0.2, -0.15) is 0 Å². The van der Waals surface area contributed by atoms with Crippen molar-refractivity contribution in [3.8, 4) is 5.69 Å². The average molecular weight is 364 g/mol. The molecule has 0 aliphatic carbocycles. The number of amides is 1. The number of aromatic amines is 2.